The molecule has 0 aliphatic heterocycles. The van der Waals surface area contributed by atoms with E-state index in [1.807, 2.05) is 6.92 Å². The summed E-state index contributed by atoms with van der Waals surface area (Å²) in [6.45, 7) is 2.48. The van der Waals surface area contributed by atoms with E-state index in [1.54, 1.807) is 6.07 Å². The van der Waals surface area contributed by atoms with Crippen molar-refractivity contribution in [2.75, 3.05) is 17.2 Å². The van der Waals surface area contributed by atoms with Crippen LogP contribution in [0.2, 0.25) is 0 Å². The SMILES string of the molecule is CCNc1ncc(F)c(Nc2ccc(Br)cc2F)n1. The van der Waals surface area contributed by atoms with Crippen molar-refractivity contribution in [1.29, 1.82) is 0 Å². The maximum absolute atomic E-state index is 13.6. The summed E-state index contributed by atoms with van der Waals surface area (Å²) in [6, 6.07) is 4.43. The Balaban J connectivity index is 2.29. The molecule has 0 atom stereocenters. The van der Waals surface area contributed by atoms with Gasteiger partial charge in [0.25, 0.3) is 0 Å². The molecule has 19 heavy (non-hydrogen) atoms. The van der Waals surface area contributed by atoms with E-state index in [4.69, 9.17) is 0 Å². The van der Waals surface area contributed by atoms with Gasteiger partial charge in [0, 0.05) is 11.0 Å². The molecule has 1 heterocycles. The van der Waals surface area contributed by atoms with Crippen LogP contribution in [0.5, 0.6) is 0 Å². The molecule has 0 saturated carbocycles. The van der Waals surface area contributed by atoms with E-state index >= 15 is 0 Å². The van der Waals surface area contributed by atoms with Crippen LogP contribution >= 0.6 is 15.9 Å². The van der Waals surface area contributed by atoms with E-state index in [-0.39, 0.29) is 17.5 Å². The number of anilines is 3. The summed E-state index contributed by atoms with van der Waals surface area (Å²) in [4.78, 5) is 7.70. The van der Waals surface area contributed by atoms with Gasteiger partial charge in [-0.15, -0.1) is 0 Å². The fourth-order valence-electron chi connectivity index (χ4n) is 1.42. The molecule has 7 heteroatoms. The van der Waals surface area contributed by atoms with Gasteiger partial charge in [-0.25, -0.2) is 13.8 Å². The monoisotopic (exact) mass is 328 g/mol. The highest BCUT2D eigenvalue weighted by atomic mass is 79.9. The van der Waals surface area contributed by atoms with Gasteiger partial charge in [0.2, 0.25) is 5.95 Å². The molecular weight excluding hydrogens is 318 g/mol. The van der Waals surface area contributed by atoms with Crippen LogP contribution in [0.3, 0.4) is 0 Å². The van der Waals surface area contributed by atoms with Gasteiger partial charge in [-0.05, 0) is 25.1 Å². The lowest BCUT2D eigenvalue weighted by atomic mass is 10.3. The lowest BCUT2D eigenvalue weighted by molar-refractivity contribution is 0.616. The highest BCUT2D eigenvalue weighted by Crippen LogP contribution is 2.23. The molecule has 1 aromatic carbocycles. The van der Waals surface area contributed by atoms with Crippen LogP contribution in [0.1, 0.15) is 6.92 Å². The van der Waals surface area contributed by atoms with Gasteiger partial charge >= 0.3 is 0 Å². The van der Waals surface area contributed by atoms with E-state index in [0.29, 0.717) is 11.0 Å². The van der Waals surface area contributed by atoms with E-state index in [2.05, 4.69) is 36.5 Å². The van der Waals surface area contributed by atoms with E-state index in [9.17, 15) is 8.78 Å². The van der Waals surface area contributed by atoms with Crippen molar-refractivity contribution in [3.8, 4) is 0 Å². The van der Waals surface area contributed by atoms with E-state index in [0.717, 1.165) is 6.20 Å². The Bertz CT molecular complexity index is 592. The molecule has 100 valence electrons. The van der Waals surface area contributed by atoms with Crippen molar-refractivity contribution >= 4 is 33.4 Å². The summed E-state index contributed by atoms with van der Waals surface area (Å²) >= 11 is 3.15. The van der Waals surface area contributed by atoms with Crippen LogP contribution in [0.4, 0.5) is 26.2 Å². The molecule has 2 aromatic rings. The number of aromatic nitrogens is 2. The average molecular weight is 329 g/mol. The Morgan fingerprint density at radius 1 is 1.26 bits per heavy atom. The maximum atomic E-state index is 13.6. The first-order valence-corrected chi connectivity index (χ1v) is 6.38. The summed E-state index contributed by atoms with van der Waals surface area (Å²) in [7, 11) is 0. The highest BCUT2D eigenvalue weighted by molar-refractivity contribution is 9.10. The van der Waals surface area contributed by atoms with Crippen LogP contribution in [0.15, 0.2) is 28.9 Å². The smallest absolute Gasteiger partial charge is 0.224 e. The lowest BCUT2D eigenvalue weighted by Crippen LogP contribution is -2.06. The van der Waals surface area contributed by atoms with Crippen LogP contribution in [-0.4, -0.2) is 16.5 Å². The Kier molecular flexibility index (Phi) is 4.26. The van der Waals surface area contributed by atoms with Crippen molar-refractivity contribution in [2.24, 2.45) is 0 Å². The molecule has 2 rings (SSSR count). The molecule has 0 unspecified atom stereocenters. The standard InChI is InChI=1S/C12H11BrF2N4/c1-2-16-12-17-6-9(15)11(19-12)18-10-4-3-7(13)5-8(10)14/h3-6H,2H2,1H3,(H2,16,17,18,19). The van der Waals surface area contributed by atoms with Crippen molar-refractivity contribution < 1.29 is 8.78 Å². The topological polar surface area (TPSA) is 49.8 Å². The molecule has 1 aromatic heterocycles. The van der Waals surface area contributed by atoms with Crippen LogP contribution in [-0.2, 0) is 0 Å². The molecule has 4 nitrogen and oxygen atoms in total. The molecule has 2 N–H and O–H groups in total. The summed E-state index contributed by atoms with van der Waals surface area (Å²) in [5, 5.41) is 5.46. The van der Waals surface area contributed by atoms with Crippen LogP contribution < -0.4 is 10.6 Å². The molecule has 0 spiro atoms. The molecule has 0 bridgehead atoms. The minimum atomic E-state index is -0.649. The second-order valence-corrected chi connectivity index (χ2v) is 4.59. The number of hydrogen-bond donors (Lipinski definition) is 2. The minimum absolute atomic E-state index is 0.0767. The third-order valence-corrected chi connectivity index (χ3v) is 2.76. The molecule has 0 saturated heterocycles. The molecule has 0 radical (unpaired) electrons. The Labute approximate surface area is 117 Å². The number of halogens is 3. The number of nitrogens with one attached hydrogen (secondary N) is 2. The Hall–Kier alpha value is -1.76. The summed E-state index contributed by atoms with van der Waals surface area (Å²) in [5.41, 5.74) is 0.142. The second kappa shape index (κ2) is 5.92. The van der Waals surface area contributed by atoms with Gasteiger partial charge in [-0.2, -0.15) is 4.98 Å². The lowest BCUT2D eigenvalue weighted by Gasteiger charge is -2.09. The van der Waals surface area contributed by atoms with Gasteiger partial charge in [-0.3, -0.25) is 0 Å². The largest absolute Gasteiger partial charge is 0.354 e. The molecule has 0 aliphatic rings. The van der Waals surface area contributed by atoms with E-state index < -0.39 is 11.6 Å². The Morgan fingerprint density at radius 2 is 2.05 bits per heavy atom. The normalized spacial score (nSPS) is 10.3. The number of benzene rings is 1. The van der Waals surface area contributed by atoms with Crippen molar-refractivity contribution in [3.63, 3.8) is 0 Å². The first-order valence-electron chi connectivity index (χ1n) is 5.58. The predicted molar refractivity (Wildman–Crippen MR) is 73.5 cm³/mol. The van der Waals surface area contributed by atoms with E-state index in [1.165, 1.54) is 12.1 Å². The Morgan fingerprint density at radius 3 is 2.74 bits per heavy atom. The fraction of sp³-hybridized carbons (Fsp3) is 0.167. The zero-order chi connectivity index (χ0) is 13.8. The average Bonchev–Trinajstić information content (AvgIpc) is 2.37. The first kappa shape index (κ1) is 13.7. The zero-order valence-electron chi connectivity index (χ0n) is 10.0. The molecule has 0 fully saturated rings. The second-order valence-electron chi connectivity index (χ2n) is 3.67. The fourth-order valence-corrected chi connectivity index (χ4v) is 1.75. The molecule has 0 amide bonds. The summed E-state index contributed by atoms with van der Waals surface area (Å²) in [5.74, 6) is -0.947. The quantitative estimate of drug-likeness (QED) is 0.898. The molecule has 0 aliphatic carbocycles. The number of hydrogen-bond acceptors (Lipinski definition) is 4. The third-order valence-electron chi connectivity index (χ3n) is 2.26. The summed E-state index contributed by atoms with van der Waals surface area (Å²) in [6.07, 6.45) is 1.03. The van der Waals surface area contributed by atoms with Crippen molar-refractivity contribution in [1.82, 2.24) is 9.97 Å². The minimum Gasteiger partial charge on any atom is -0.354 e. The molecular formula is C12H11BrF2N4. The number of rotatable bonds is 4. The van der Waals surface area contributed by atoms with Gasteiger partial charge < -0.3 is 10.6 Å². The maximum Gasteiger partial charge on any atom is 0.224 e. The van der Waals surface area contributed by atoms with Gasteiger partial charge in [-0.1, -0.05) is 15.9 Å². The van der Waals surface area contributed by atoms with Gasteiger partial charge in [0.05, 0.1) is 11.9 Å². The van der Waals surface area contributed by atoms with Crippen LogP contribution in [0.25, 0.3) is 0 Å². The van der Waals surface area contributed by atoms with Gasteiger partial charge in [0.15, 0.2) is 11.6 Å². The van der Waals surface area contributed by atoms with Crippen LogP contribution in [0, 0.1) is 11.6 Å². The van der Waals surface area contributed by atoms with Crippen molar-refractivity contribution in [2.45, 2.75) is 6.92 Å². The third kappa shape index (κ3) is 3.37. The zero-order valence-corrected chi connectivity index (χ0v) is 11.6. The predicted octanol–water partition coefficient (Wildman–Crippen LogP) is 3.69. The summed E-state index contributed by atoms with van der Waals surface area (Å²) < 4.78 is 27.8. The van der Waals surface area contributed by atoms with Crippen molar-refractivity contribution in [3.05, 3.63) is 40.5 Å². The van der Waals surface area contributed by atoms with Gasteiger partial charge in [0.1, 0.15) is 5.82 Å². The highest BCUT2D eigenvalue weighted by Gasteiger charge is 2.09. The number of nitrogens with zero attached hydrogens (tertiary/aromatic N) is 2. The first-order chi connectivity index (χ1) is 9.10.